The third-order valence-electron chi connectivity index (χ3n) is 5.33. The van der Waals surface area contributed by atoms with E-state index in [0.29, 0.717) is 5.56 Å². The molecule has 5 heteroatoms. The van der Waals surface area contributed by atoms with E-state index < -0.39 is 24.0 Å². The number of ether oxygens (including phenoxy) is 1. The SMILES string of the molecule is C[C@@](C#N)(NC(=O)COC(=O)c1c2ccccc2cc2ccccc12)C1CC1. The fourth-order valence-corrected chi connectivity index (χ4v) is 3.64. The third kappa shape index (κ3) is 3.29. The minimum atomic E-state index is -0.907. The first-order valence-corrected chi connectivity index (χ1v) is 9.32. The van der Waals surface area contributed by atoms with E-state index in [1.54, 1.807) is 6.92 Å². The molecule has 3 aromatic carbocycles. The van der Waals surface area contributed by atoms with E-state index in [2.05, 4.69) is 11.4 Å². The number of amides is 1. The van der Waals surface area contributed by atoms with Crippen molar-refractivity contribution in [2.45, 2.75) is 25.3 Å². The molecule has 0 aromatic heterocycles. The highest BCUT2D eigenvalue weighted by Crippen LogP contribution is 2.39. The molecule has 3 aromatic rings. The van der Waals surface area contributed by atoms with Crippen LogP contribution in [0.5, 0.6) is 0 Å². The Balaban J connectivity index is 1.58. The molecule has 0 bridgehead atoms. The van der Waals surface area contributed by atoms with Crippen LogP contribution in [0.25, 0.3) is 21.5 Å². The van der Waals surface area contributed by atoms with Crippen molar-refractivity contribution in [1.29, 1.82) is 5.26 Å². The summed E-state index contributed by atoms with van der Waals surface area (Å²) in [5, 5.41) is 15.5. The average Bonchev–Trinajstić information content (AvgIpc) is 3.56. The normalized spacial score (nSPS) is 15.6. The van der Waals surface area contributed by atoms with Crippen molar-refractivity contribution < 1.29 is 14.3 Å². The van der Waals surface area contributed by atoms with Crippen LogP contribution in [-0.2, 0) is 9.53 Å². The summed E-state index contributed by atoms with van der Waals surface area (Å²) in [6.07, 6.45) is 1.85. The van der Waals surface area contributed by atoms with Crippen LogP contribution >= 0.6 is 0 Å². The van der Waals surface area contributed by atoms with Crippen LogP contribution in [0.3, 0.4) is 0 Å². The Labute approximate surface area is 162 Å². The fourth-order valence-electron chi connectivity index (χ4n) is 3.64. The zero-order valence-corrected chi connectivity index (χ0v) is 15.6. The number of nitrogens with zero attached hydrogens (tertiary/aromatic N) is 1. The zero-order chi connectivity index (χ0) is 19.7. The van der Waals surface area contributed by atoms with Gasteiger partial charge in [0.1, 0.15) is 5.54 Å². The number of esters is 1. The second-order valence-electron chi connectivity index (χ2n) is 7.41. The average molecular weight is 372 g/mol. The Hall–Kier alpha value is -3.39. The van der Waals surface area contributed by atoms with Gasteiger partial charge in [-0.1, -0.05) is 48.5 Å². The Kier molecular flexibility index (Phi) is 4.48. The fraction of sp³-hybridized carbons (Fsp3) is 0.261. The summed E-state index contributed by atoms with van der Waals surface area (Å²) in [5.74, 6) is -0.846. The minimum Gasteiger partial charge on any atom is -0.452 e. The molecule has 140 valence electrons. The number of benzene rings is 3. The van der Waals surface area contributed by atoms with Gasteiger partial charge in [-0.05, 0) is 53.3 Å². The number of fused-ring (bicyclic) bond motifs is 2. The molecular weight excluding hydrogens is 352 g/mol. The number of carbonyl (C=O) groups excluding carboxylic acids is 2. The van der Waals surface area contributed by atoms with Crippen LogP contribution < -0.4 is 5.32 Å². The molecule has 0 heterocycles. The molecule has 5 nitrogen and oxygen atoms in total. The quantitative estimate of drug-likeness (QED) is 0.543. The van der Waals surface area contributed by atoms with Gasteiger partial charge in [0.2, 0.25) is 0 Å². The Morgan fingerprint density at radius 2 is 1.68 bits per heavy atom. The van der Waals surface area contributed by atoms with Gasteiger partial charge >= 0.3 is 5.97 Å². The van der Waals surface area contributed by atoms with Crippen LogP contribution in [0.2, 0.25) is 0 Å². The number of hydrogen-bond donors (Lipinski definition) is 1. The molecule has 0 spiro atoms. The minimum absolute atomic E-state index is 0.166. The summed E-state index contributed by atoms with van der Waals surface area (Å²) in [6, 6.07) is 19.4. The molecule has 0 radical (unpaired) electrons. The third-order valence-corrected chi connectivity index (χ3v) is 5.33. The van der Waals surface area contributed by atoms with E-state index in [-0.39, 0.29) is 5.92 Å². The molecule has 0 unspecified atom stereocenters. The van der Waals surface area contributed by atoms with Crippen LogP contribution in [0.15, 0.2) is 54.6 Å². The molecule has 28 heavy (non-hydrogen) atoms. The topological polar surface area (TPSA) is 79.2 Å². The van der Waals surface area contributed by atoms with Crippen molar-refractivity contribution in [3.05, 3.63) is 60.2 Å². The first-order valence-electron chi connectivity index (χ1n) is 9.32. The summed E-state index contributed by atoms with van der Waals surface area (Å²) >= 11 is 0. The lowest BCUT2D eigenvalue weighted by Crippen LogP contribution is -2.48. The standard InChI is InChI=1S/C23H20N2O3/c1-23(14-24,17-10-11-17)25-20(26)13-28-22(27)21-18-8-4-2-6-15(18)12-16-7-3-5-9-19(16)21/h2-9,12,17H,10-11,13H2,1H3,(H,25,26)/t23-/m0/s1. The molecule has 1 saturated carbocycles. The maximum absolute atomic E-state index is 12.9. The second kappa shape index (κ2) is 6.97. The van der Waals surface area contributed by atoms with Gasteiger partial charge in [0.25, 0.3) is 5.91 Å². The number of carbonyl (C=O) groups is 2. The van der Waals surface area contributed by atoms with Crippen molar-refractivity contribution in [2.24, 2.45) is 5.92 Å². The molecule has 4 rings (SSSR count). The highest BCUT2D eigenvalue weighted by atomic mass is 16.5. The van der Waals surface area contributed by atoms with Crippen molar-refractivity contribution in [1.82, 2.24) is 5.32 Å². The van der Waals surface area contributed by atoms with Crippen molar-refractivity contribution in [3.63, 3.8) is 0 Å². The van der Waals surface area contributed by atoms with Gasteiger partial charge in [-0.25, -0.2) is 4.79 Å². The van der Waals surface area contributed by atoms with Gasteiger partial charge in [-0.3, -0.25) is 4.79 Å². The first-order chi connectivity index (χ1) is 13.5. The maximum atomic E-state index is 12.9. The lowest BCUT2D eigenvalue weighted by molar-refractivity contribution is -0.125. The van der Waals surface area contributed by atoms with Gasteiger partial charge < -0.3 is 10.1 Å². The van der Waals surface area contributed by atoms with Crippen LogP contribution in [0.1, 0.15) is 30.1 Å². The van der Waals surface area contributed by atoms with Gasteiger partial charge in [0.15, 0.2) is 6.61 Å². The van der Waals surface area contributed by atoms with E-state index in [1.165, 1.54) is 0 Å². The summed E-state index contributed by atoms with van der Waals surface area (Å²) in [6.45, 7) is 1.29. The zero-order valence-electron chi connectivity index (χ0n) is 15.6. The van der Waals surface area contributed by atoms with E-state index in [0.717, 1.165) is 34.4 Å². The van der Waals surface area contributed by atoms with Gasteiger partial charge in [-0.15, -0.1) is 0 Å². The molecule has 1 atom stereocenters. The number of rotatable bonds is 5. The number of hydrogen-bond acceptors (Lipinski definition) is 4. The van der Waals surface area contributed by atoms with Gasteiger partial charge in [-0.2, -0.15) is 5.26 Å². The highest BCUT2D eigenvalue weighted by molar-refractivity contribution is 6.16. The molecule has 1 aliphatic carbocycles. The lowest BCUT2D eigenvalue weighted by Gasteiger charge is -2.22. The largest absolute Gasteiger partial charge is 0.452 e. The molecular formula is C23H20N2O3. The van der Waals surface area contributed by atoms with E-state index in [9.17, 15) is 14.9 Å². The van der Waals surface area contributed by atoms with Crippen LogP contribution in [-0.4, -0.2) is 24.0 Å². The van der Waals surface area contributed by atoms with Crippen molar-refractivity contribution >= 4 is 33.4 Å². The predicted molar refractivity (Wildman–Crippen MR) is 107 cm³/mol. The molecule has 1 fully saturated rings. The number of nitrogens with one attached hydrogen (secondary N) is 1. The highest BCUT2D eigenvalue weighted by Gasteiger charge is 2.43. The summed E-state index contributed by atoms with van der Waals surface area (Å²) in [5.41, 5.74) is -0.456. The second-order valence-corrected chi connectivity index (χ2v) is 7.41. The van der Waals surface area contributed by atoms with Gasteiger partial charge in [0, 0.05) is 0 Å². The predicted octanol–water partition coefficient (Wildman–Crippen LogP) is 3.96. The van der Waals surface area contributed by atoms with E-state index >= 15 is 0 Å². The van der Waals surface area contributed by atoms with Gasteiger partial charge in [0.05, 0.1) is 11.6 Å². The van der Waals surface area contributed by atoms with Crippen LogP contribution in [0.4, 0.5) is 0 Å². The molecule has 0 aliphatic heterocycles. The Morgan fingerprint density at radius 3 is 2.21 bits per heavy atom. The summed E-state index contributed by atoms with van der Waals surface area (Å²) in [4.78, 5) is 25.2. The molecule has 1 amide bonds. The summed E-state index contributed by atoms with van der Waals surface area (Å²) < 4.78 is 5.34. The van der Waals surface area contributed by atoms with Crippen molar-refractivity contribution in [2.75, 3.05) is 6.61 Å². The molecule has 1 N–H and O–H groups in total. The monoisotopic (exact) mass is 372 g/mol. The number of nitriles is 1. The van der Waals surface area contributed by atoms with Crippen LogP contribution in [0, 0.1) is 17.2 Å². The van der Waals surface area contributed by atoms with E-state index in [4.69, 9.17) is 4.74 Å². The Bertz CT molecular complexity index is 1070. The van der Waals surface area contributed by atoms with Crippen molar-refractivity contribution in [3.8, 4) is 6.07 Å². The lowest BCUT2D eigenvalue weighted by atomic mass is 9.97. The maximum Gasteiger partial charge on any atom is 0.339 e. The van der Waals surface area contributed by atoms with E-state index in [1.807, 2.05) is 54.6 Å². The summed E-state index contributed by atoms with van der Waals surface area (Å²) in [7, 11) is 0. The molecule has 0 saturated heterocycles. The molecule has 1 aliphatic rings. The Morgan fingerprint density at radius 1 is 1.11 bits per heavy atom. The smallest absolute Gasteiger partial charge is 0.339 e. The first kappa shape index (κ1) is 18.0.